The highest BCUT2D eigenvalue weighted by Crippen LogP contribution is 2.42. The Balaban J connectivity index is 1.73. The number of hydrogen-bond donors (Lipinski definition) is 0. The molecule has 6 aromatic carbocycles. The highest BCUT2D eigenvalue weighted by atomic mass is 79.9. The molecule has 0 saturated heterocycles. The molecule has 0 spiro atoms. The van der Waals surface area contributed by atoms with Crippen LogP contribution in [0.2, 0.25) is 0 Å². The van der Waals surface area contributed by atoms with Gasteiger partial charge in [-0.15, -0.1) is 0 Å². The molecule has 0 radical (unpaired) electrons. The van der Waals surface area contributed by atoms with Gasteiger partial charge in [-0.25, -0.2) is 0 Å². The first kappa shape index (κ1) is 16.8. The van der Waals surface area contributed by atoms with E-state index in [0.717, 1.165) is 4.47 Å². The molecule has 0 aromatic heterocycles. The van der Waals surface area contributed by atoms with Gasteiger partial charge in [0.1, 0.15) is 0 Å². The lowest BCUT2D eigenvalue weighted by Gasteiger charge is -2.16. The van der Waals surface area contributed by atoms with Crippen molar-refractivity contribution in [2.75, 3.05) is 0 Å². The maximum Gasteiger partial charge on any atom is 0.0175 e. The second-order valence-electron chi connectivity index (χ2n) is 7.52. The van der Waals surface area contributed by atoms with Crippen molar-refractivity contribution >= 4 is 48.2 Å². The highest BCUT2D eigenvalue weighted by molar-refractivity contribution is 9.10. The lowest BCUT2D eigenvalue weighted by atomic mass is 9.87. The van der Waals surface area contributed by atoms with Crippen LogP contribution in [0.5, 0.6) is 0 Å². The molecule has 0 atom stereocenters. The number of hydrogen-bond acceptors (Lipinski definition) is 0. The van der Waals surface area contributed by atoms with Gasteiger partial charge in [-0.2, -0.15) is 0 Å². The summed E-state index contributed by atoms with van der Waals surface area (Å²) in [7, 11) is 0. The Morgan fingerprint density at radius 1 is 0.414 bits per heavy atom. The van der Waals surface area contributed by atoms with Crippen molar-refractivity contribution in [3.05, 3.63) is 108 Å². The Bertz CT molecular complexity index is 1480. The van der Waals surface area contributed by atoms with Crippen molar-refractivity contribution in [3.8, 4) is 22.3 Å². The largest absolute Gasteiger partial charge is 0.0622 e. The molecule has 0 fully saturated rings. The van der Waals surface area contributed by atoms with Crippen molar-refractivity contribution in [1.29, 1.82) is 0 Å². The van der Waals surface area contributed by atoms with Crippen molar-refractivity contribution in [2.45, 2.75) is 0 Å². The molecule has 0 N–H and O–H groups in total. The molecule has 6 aromatic rings. The fourth-order valence-corrected chi connectivity index (χ4v) is 4.82. The summed E-state index contributed by atoms with van der Waals surface area (Å²) in [6, 6.07) is 37.4. The van der Waals surface area contributed by atoms with Crippen LogP contribution in [0.25, 0.3) is 54.6 Å². The summed E-state index contributed by atoms with van der Waals surface area (Å²) in [5, 5.41) is 7.95. The van der Waals surface area contributed by atoms with E-state index >= 15 is 0 Å². The standard InChI is InChI=1S/C28H17Br/c29-22-12-8-19(9-13-22)24-15-11-21-7-6-20-10-14-23(18-4-2-1-3-5-18)25-16-17-26(24)28(21)27(20)25/h1-17H. The highest BCUT2D eigenvalue weighted by Gasteiger charge is 2.14. The van der Waals surface area contributed by atoms with E-state index in [9.17, 15) is 0 Å². The molecular weight excluding hydrogens is 416 g/mol. The van der Waals surface area contributed by atoms with Crippen molar-refractivity contribution < 1.29 is 0 Å². The zero-order valence-electron chi connectivity index (χ0n) is 15.7. The quantitative estimate of drug-likeness (QED) is 0.240. The Morgan fingerprint density at radius 3 is 1.45 bits per heavy atom. The average Bonchev–Trinajstić information content (AvgIpc) is 2.78. The van der Waals surface area contributed by atoms with Crippen molar-refractivity contribution in [3.63, 3.8) is 0 Å². The zero-order valence-corrected chi connectivity index (χ0v) is 17.3. The van der Waals surface area contributed by atoms with Crippen LogP contribution in [-0.2, 0) is 0 Å². The van der Waals surface area contributed by atoms with Crippen LogP contribution in [0.4, 0.5) is 0 Å². The van der Waals surface area contributed by atoms with E-state index in [1.807, 2.05) is 0 Å². The Kier molecular flexibility index (Phi) is 3.72. The van der Waals surface area contributed by atoms with Crippen molar-refractivity contribution in [1.82, 2.24) is 0 Å². The molecule has 29 heavy (non-hydrogen) atoms. The van der Waals surface area contributed by atoms with Crippen LogP contribution < -0.4 is 0 Å². The molecule has 0 amide bonds. The third-order valence-corrected chi connectivity index (χ3v) is 6.43. The van der Waals surface area contributed by atoms with Gasteiger partial charge >= 0.3 is 0 Å². The van der Waals surface area contributed by atoms with Gasteiger partial charge in [0.2, 0.25) is 0 Å². The number of rotatable bonds is 2. The first-order valence-electron chi connectivity index (χ1n) is 9.81. The van der Waals surface area contributed by atoms with Gasteiger partial charge in [-0.05, 0) is 66.7 Å². The van der Waals surface area contributed by atoms with Crippen LogP contribution in [0.1, 0.15) is 0 Å². The van der Waals surface area contributed by atoms with Gasteiger partial charge in [0.05, 0.1) is 0 Å². The van der Waals surface area contributed by atoms with Crippen LogP contribution in [0, 0.1) is 0 Å². The third kappa shape index (κ3) is 2.58. The Labute approximate surface area is 177 Å². The molecule has 0 nitrogen and oxygen atoms in total. The zero-order chi connectivity index (χ0) is 19.4. The van der Waals surface area contributed by atoms with Gasteiger partial charge in [0.25, 0.3) is 0 Å². The predicted molar refractivity (Wildman–Crippen MR) is 129 cm³/mol. The molecule has 0 aliphatic carbocycles. The fraction of sp³-hybridized carbons (Fsp3) is 0. The molecule has 0 heterocycles. The first-order valence-corrected chi connectivity index (χ1v) is 10.6. The fourth-order valence-electron chi connectivity index (χ4n) is 4.55. The van der Waals surface area contributed by atoms with E-state index in [4.69, 9.17) is 0 Å². The van der Waals surface area contributed by atoms with Gasteiger partial charge in [-0.1, -0.05) is 107 Å². The average molecular weight is 433 g/mol. The molecule has 136 valence electrons. The maximum atomic E-state index is 3.55. The van der Waals surface area contributed by atoms with Crippen LogP contribution in [0.15, 0.2) is 108 Å². The van der Waals surface area contributed by atoms with Crippen LogP contribution >= 0.6 is 15.9 Å². The lowest BCUT2D eigenvalue weighted by molar-refractivity contribution is 1.62. The third-order valence-electron chi connectivity index (χ3n) is 5.90. The topological polar surface area (TPSA) is 0 Å². The van der Waals surface area contributed by atoms with Gasteiger partial charge in [0, 0.05) is 4.47 Å². The minimum atomic E-state index is 1.10. The minimum Gasteiger partial charge on any atom is -0.0622 e. The SMILES string of the molecule is Brc1ccc(-c2ccc3ccc4ccc(-c5ccccc5)c5ccc2c3c45)cc1. The van der Waals surface area contributed by atoms with E-state index < -0.39 is 0 Å². The first-order chi connectivity index (χ1) is 14.3. The summed E-state index contributed by atoms with van der Waals surface area (Å²) in [6.45, 7) is 0. The molecule has 0 bridgehead atoms. The van der Waals surface area contributed by atoms with E-state index in [2.05, 4.69) is 119 Å². The van der Waals surface area contributed by atoms with Crippen LogP contribution in [-0.4, -0.2) is 0 Å². The summed E-state index contributed by atoms with van der Waals surface area (Å²) in [5.74, 6) is 0. The molecular formula is C28H17Br. The van der Waals surface area contributed by atoms with E-state index in [1.165, 1.54) is 54.6 Å². The summed E-state index contributed by atoms with van der Waals surface area (Å²) in [5.41, 5.74) is 5.08. The molecule has 6 rings (SSSR count). The maximum absolute atomic E-state index is 3.55. The van der Waals surface area contributed by atoms with Gasteiger partial charge < -0.3 is 0 Å². The van der Waals surface area contributed by atoms with E-state index in [1.54, 1.807) is 0 Å². The van der Waals surface area contributed by atoms with Gasteiger partial charge in [-0.3, -0.25) is 0 Å². The molecule has 0 aliphatic heterocycles. The molecule has 1 heteroatoms. The van der Waals surface area contributed by atoms with Gasteiger partial charge in [0.15, 0.2) is 0 Å². The summed E-state index contributed by atoms with van der Waals surface area (Å²) in [4.78, 5) is 0. The van der Waals surface area contributed by atoms with Crippen molar-refractivity contribution in [2.24, 2.45) is 0 Å². The number of halogens is 1. The Morgan fingerprint density at radius 2 is 0.897 bits per heavy atom. The summed E-state index contributed by atoms with van der Waals surface area (Å²) >= 11 is 3.55. The molecule has 0 unspecified atom stereocenters. The summed E-state index contributed by atoms with van der Waals surface area (Å²) in [6.07, 6.45) is 0. The molecule has 0 aliphatic rings. The lowest BCUT2D eigenvalue weighted by Crippen LogP contribution is -1.89. The monoisotopic (exact) mass is 432 g/mol. The normalized spacial score (nSPS) is 11.6. The van der Waals surface area contributed by atoms with E-state index in [0.29, 0.717) is 0 Å². The second kappa shape index (κ2) is 6.43. The smallest absolute Gasteiger partial charge is 0.0175 e. The predicted octanol–water partition coefficient (Wildman–Crippen LogP) is 8.68. The number of benzene rings is 6. The van der Waals surface area contributed by atoms with Crippen LogP contribution in [0.3, 0.4) is 0 Å². The van der Waals surface area contributed by atoms with E-state index in [-0.39, 0.29) is 0 Å². The second-order valence-corrected chi connectivity index (χ2v) is 8.44. The summed E-state index contributed by atoms with van der Waals surface area (Å²) < 4.78 is 1.10. The Hall–Kier alpha value is -3.16. The molecule has 0 saturated carbocycles. The minimum absolute atomic E-state index is 1.10.